The molecule has 1 saturated heterocycles. The number of carbonyl (C=O) groups excluding carboxylic acids is 2. The van der Waals surface area contributed by atoms with Crippen molar-refractivity contribution in [2.45, 2.75) is 56.7 Å². The molecule has 1 heterocycles. The molecule has 2 rings (SSSR count). The fourth-order valence-electron chi connectivity index (χ4n) is 3.42. The van der Waals surface area contributed by atoms with E-state index in [4.69, 9.17) is 23.1 Å². The fraction of sp³-hybridized carbons (Fsp3) is 0.524. The Morgan fingerprint density at radius 2 is 1.77 bits per heavy atom. The molecule has 0 spiro atoms. The topological polar surface area (TPSA) is 114 Å². The molecule has 0 N–H and O–H groups in total. The van der Waals surface area contributed by atoms with Gasteiger partial charge in [0, 0.05) is 26.9 Å². The van der Waals surface area contributed by atoms with Crippen LogP contribution in [-0.2, 0) is 42.8 Å². The number of hydrogen-bond donors (Lipinski definition) is 0. The first kappa shape index (κ1) is 25.0. The lowest BCUT2D eigenvalue weighted by molar-refractivity contribution is -0.212. The number of ether oxygens (including phenoxy) is 4. The van der Waals surface area contributed by atoms with Gasteiger partial charge in [-0.25, -0.2) is 0 Å². The minimum Gasteiger partial charge on any atom is -0.453 e. The van der Waals surface area contributed by atoms with Crippen LogP contribution in [0.15, 0.2) is 41.8 Å². The van der Waals surface area contributed by atoms with Gasteiger partial charge in [-0.3, -0.25) is 13.8 Å². The summed E-state index contributed by atoms with van der Waals surface area (Å²) in [6.45, 7) is 9.15. The zero-order valence-corrected chi connectivity index (χ0v) is 19.0. The van der Waals surface area contributed by atoms with E-state index in [1.165, 1.54) is 39.2 Å². The second-order valence-corrected chi connectivity index (χ2v) is 8.95. The zero-order chi connectivity index (χ0) is 23.4. The lowest BCUT2D eigenvalue weighted by Gasteiger charge is -2.37. The highest BCUT2D eigenvalue weighted by molar-refractivity contribution is 7.86. The van der Waals surface area contributed by atoms with Crippen molar-refractivity contribution in [3.05, 3.63) is 42.5 Å². The van der Waals surface area contributed by atoms with Gasteiger partial charge in [-0.1, -0.05) is 30.7 Å². The van der Waals surface area contributed by atoms with Gasteiger partial charge in [0.1, 0.15) is 11.7 Å². The first-order valence-electron chi connectivity index (χ1n) is 9.60. The molecule has 0 aromatic heterocycles. The highest BCUT2D eigenvalue weighted by Gasteiger charge is 2.61. The highest BCUT2D eigenvalue weighted by Crippen LogP contribution is 2.42. The third-order valence-electron chi connectivity index (χ3n) is 5.10. The van der Waals surface area contributed by atoms with Gasteiger partial charge in [-0.2, -0.15) is 8.42 Å². The van der Waals surface area contributed by atoms with Crippen molar-refractivity contribution < 1.29 is 41.1 Å². The first-order valence-corrected chi connectivity index (χ1v) is 11.0. The van der Waals surface area contributed by atoms with Crippen molar-refractivity contribution in [1.82, 2.24) is 0 Å². The average Bonchev–Trinajstić information content (AvgIpc) is 2.98. The number of methoxy groups -OCH3 is 1. The quantitative estimate of drug-likeness (QED) is 0.313. The first-order chi connectivity index (χ1) is 14.5. The molecule has 31 heavy (non-hydrogen) atoms. The van der Waals surface area contributed by atoms with Crippen molar-refractivity contribution in [3.8, 4) is 0 Å². The number of hydrogen-bond acceptors (Lipinski definition) is 9. The average molecular weight is 457 g/mol. The molecule has 0 bridgehead atoms. The summed E-state index contributed by atoms with van der Waals surface area (Å²) in [5, 5.41) is 0. The smallest absolute Gasteiger partial charge is 0.305 e. The molecule has 1 aromatic carbocycles. The molecule has 10 heteroatoms. The largest absolute Gasteiger partial charge is 0.453 e. The van der Waals surface area contributed by atoms with E-state index < -0.39 is 58.7 Å². The lowest BCUT2D eigenvalue weighted by atomic mass is 9.83. The Kier molecular flexibility index (Phi) is 7.98. The second-order valence-electron chi connectivity index (χ2n) is 7.33. The van der Waals surface area contributed by atoms with E-state index in [0.29, 0.717) is 0 Å². The van der Waals surface area contributed by atoms with Gasteiger partial charge in [0.2, 0.25) is 6.29 Å². The third kappa shape index (κ3) is 5.51. The third-order valence-corrected chi connectivity index (χ3v) is 6.37. The molecule has 9 nitrogen and oxygen atoms in total. The maximum atomic E-state index is 12.8. The van der Waals surface area contributed by atoms with Crippen LogP contribution in [0.2, 0.25) is 0 Å². The Labute approximate surface area is 182 Å². The minimum absolute atomic E-state index is 0.0282. The zero-order valence-electron chi connectivity index (χ0n) is 18.2. The van der Waals surface area contributed by atoms with Crippen LogP contribution in [0.4, 0.5) is 0 Å². The van der Waals surface area contributed by atoms with Gasteiger partial charge in [0.15, 0.2) is 6.10 Å². The molecule has 172 valence electrons. The predicted octanol–water partition coefficient (Wildman–Crippen LogP) is 2.13. The van der Waals surface area contributed by atoms with Gasteiger partial charge in [-0.05, 0) is 19.1 Å². The molecule has 1 aliphatic rings. The summed E-state index contributed by atoms with van der Waals surface area (Å²) in [5.41, 5.74) is -0.586. The van der Waals surface area contributed by atoms with E-state index in [9.17, 15) is 18.0 Å². The van der Waals surface area contributed by atoms with Crippen LogP contribution < -0.4 is 0 Å². The van der Waals surface area contributed by atoms with Crippen molar-refractivity contribution in [2.75, 3.05) is 13.7 Å². The van der Waals surface area contributed by atoms with Crippen LogP contribution in [0.5, 0.6) is 0 Å². The summed E-state index contributed by atoms with van der Waals surface area (Å²) in [5.74, 6) is -1.86. The number of carbonyl (C=O) groups is 2. The molecular weight excluding hydrogens is 428 g/mol. The van der Waals surface area contributed by atoms with Gasteiger partial charge >= 0.3 is 11.9 Å². The number of aryl methyl sites for hydroxylation is 1. The van der Waals surface area contributed by atoms with Crippen LogP contribution >= 0.6 is 0 Å². The van der Waals surface area contributed by atoms with Gasteiger partial charge < -0.3 is 18.9 Å². The van der Waals surface area contributed by atoms with E-state index in [2.05, 4.69) is 6.58 Å². The Hall–Kier alpha value is -2.27. The molecule has 1 fully saturated rings. The normalized spacial score (nSPS) is 26.8. The van der Waals surface area contributed by atoms with E-state index in [0.717, 1.165) is 5.56 Å². The number of benzene rings is 1. The van der Waals surface area contributed by atoms with Crippen molar-refractivity contribution in [3.63, 3.8) is 0 Å². The Bertz CT molecular complexity index is 909. The van der Waals surface area contributed by atoms with Crippen LogP contribution in [0.25, 0.3) is 0 Å². The SMILES string of the molecule is C=C[C@H](C)[C@@]1(COS(=O)(=O)c2ccc(C)cc2)OC(OC(C)=O)[C@H](OC(C)=O)[C@@H]1OC. The second kappa shape index (κ2) is 9.90. The van der Waals surface area contributed by atoms with Crippen LogP contribution in [0.1, 0.15) is 26.3 Å². The van der Waals surface area contributed by atoms with Gasteiger partial charge in [-0.15, -0.1) is 6.58 Å². The molecule has 1 aromatic rings. The maximum absolute atomic E-state index is 12.8. The number of rotatable bonds is 9. The number of esters is 2. The van der Waals surface area contributed by atoms with E-state index in [-0.39, 0.29) is 4.90 Å². The van der Waals surface area contributed by atoms with E-state index in [1.54, 1.807) is 19.1 Å². The van der Waals surface area contributed by atoms with Gasteiger partial charge in [0.05, 0.1) is 11.5 Å². The van der Waals surface area contributed by atoms with E-state index >= 15 is 0 Å². The molecule has 1 aliphatic heterocycles. The fourth-order valence-corrected chi connectivity index (χ4v) is 4.37. The lowest BCUT2D eigenvalue weighted by Crippen LogP contribution is -2.53. The van der Waals surface area contributed by atoms with Gasteiger partial charge in [0.25, 0.3) is 10.1 Å². The summed E-state index contributed by atoms with van der Waals surface area (Å²) < 4.78 is 52.8. The standard InChI is InChI=1S/C21H28O9S/c1-7-14(3)21(12-27-31(24,25)17-10-8-13(2)9-11-17)19(26-6)18(28-15(4)22)20(30-21)29-16(5)23/h7-11,14,18-20H,1,12H2,2-6H3/t14-,18+,19-,20?,21+/m0/s1. The highest BCUT2D eigenvalue weighted by atomic mass is 32.2. The maximum Gasteiger partial charge on any atom is 0.305 e. The Balaban J connectivity index is 2.42. The summed E-state index contributed by atoms with van der Waals surface area (Å²) in [6, 6.07) is 6.16. The van der Waals surface area contributed by atoms with Crippen LogP contribution in [0, 0.1) is 12.8 Å². The summed E-state index contributed by atoms with van der Waals surface area (Å²) in [4.78, 5) is 23.2. The predicted molar refractivity (Wildman–Crippen MR) is 109 cm³/mol. The van der Waals surface area contributed by atoms with E-state index in [1.807, 2.05) is 6.92 Å². The molecule has 0 radical (unpaired) electrons. The summed E-state index contributed by atoms with van der Waals surface area (Å²) >= 11 is 0. The molecule has 1 unspecified atom stereocenters. The van der Waals surface area contributed by atoms with Crippen molar-refractivity contribution in [2.24, 2.45) is 5.92 Å². The molecule has 0 aliphatic carbocycles. The molecule has 0 amide bonds. The Morgan fingerprint density at radius 3 is 2.26 bits per heavy atom. The monoisotopic (exact) mass is 456 g/mol. The molecular formula is C21H28O9S. The summed E-state index contributed by atoms with van der Waals surface area (Å²) in [7, 11) is -2.80. The van der Waals surface area contributed by atoms with Crippen molar-refractivity contribution in [1.29, 1.82) is 0 Å². The summed E-state index contributed by atoms with van der Waals surface area (Å²) in [6.07, 6.45) is -1.95. The van der Waals surface area contributed by atoms with Crippen LogP contribution in [0.3, 0.4) is 0 Å². The molecule has 0 saturated carbocycles. The minimum atomic E-state index is -4.14. The molecule has 5 atom stereocenters. The van der Waals surface area contributed by atoms with Crippen LogP contribution in [-0.4, -0.2) is 58.2 Å². The Morgan fingerprint density at radius 1 is 1.19 bits per heavy atom. The van der Waals surface area contributed by atoms with Crippen molar-refractivity contribution >= 4 is 22.1 Å².